The van der Waals surface area contributed by atoms with Crippen LogP contribution in [0.2, 0.25) is 0 Å². The van der Waals surface area contributed by atoms with E-state index in [1.165, 1.54) is 6.07 Å². The predicted molar refractivity (Wildman–Crippen MR) is 81.7 cm³/mol. The van der Waals surface area contributed by atoms with Crippen LogP contribution in [0.1, 0.15) is 12.5 Å². The SMILES string of the molecule is CCN(Cc1ccc(Br)cc1F)c1ccc(N)cc1. The summed E-state index contributed by atoms with van der Waals surface area (Å²) in [5.41, 5.74) is 8.13. The monoisotopic (exact) mass is 322 g/mol. The third kappa shape index (κ3) is 3.47. The predicted octanol–water partition coefficient (Wildman–Crippen LogP) is 4.20. The van der Waals surface area contributed by atoms with Crippen molar-refractivity contribution in [2.45, 2.75) is 13.5 Å². The van der Waals surface area contributed by atoms with Crippen LogP contribution in [0, 0.1) is 5.82 Å². The molecule has 0 aliphatic carbocycles. The molecule has 0 aromatic heterocycles. The van der Waals surface area contributed by atoms with Crippen LogP contribution in [-0.2, 0) is 6.54 Å². The van der Waals surface area contributed by atoms with Gasteiger partial charge in [0.05, 0.1) is 0 Å². The topological polar surface area (TPSA) is 29.3 Å². The standard InChI is InChI=1S/C15H16BrFN2/c1-2-19(14-7-5-13(18)6-8-14)10-11-3-4-12(16)9-15(11)17/h3-9H,2,10,18H2,1H3. The van der Waals surface area contributed by atoms with Gasteiger partial charge in [0.1, 0.15) is 5.82 Å². The lowest BCUT2D eigenvalue weighted by molar-refractivity contribution is 0.604. The van der Waals surface area contributed by atoms with Crippen molar-refractivity contribution in [1.29, 1.82) is 0 Å². The molecule has 2 aromatic carbocycles. The zero-order valence-corrected chi connectivity index (χ0v) is 12.3. The number of nitrogen functional groups attached to an aromatic ring is 1. The molecule has 0 atom stereocenters. The summed E-state index contributed by atoms with van der Waals surface area (Å²) in [6.07, 6.45) is 0. The minimum Gasteiger partial charge on any atom is -0.399 e. The average molecular weight is 323 g/mol. The van der Waals surface area contributed by atoms with Gasteiger partial charge in [-0.15, -0.1) is 0 Å². The van der Waals surface area contributed by atoms with Crippen LogP contribution < -0.4 is 10.6 Å². The number of nitrogens with zero attached hydrogens (tertiary/aromatic N) is 1. The summed E-state index contributed by atoms with van der Waals surface area (Å²) >= 11 is 3.26. The molecule has 2 aromatic rings. The Morgan fingerprint density at radius 3 is 2.42 bits per heavy atom. The second-order valence-corrected chi connectivity index (χ2v) is 5.26. The van der Waals surface area contributed by atoms with Crippen LogP contribution in [0.4, 0.5) is 15.8 Å². The van der Waals surface area contributed by atoms with E-state index in [0.717, 1.165) is 22.4 Å². The van der Waals surface area contributed by atoms with Gasteiger partial charge in [-0.05, 0) is 43.3 Å². The number of rotatable bonds is 4. The van der Waals surface area contributed by atoms with E-state index in [1.54, 1.807) is 6.07 Å². The minimum atomic E-state index is -0.191. The van der Waals surface area contributed by atoms with Crippen LogP contribution in [0.5, 0.6) is 0 Å². The Bertz CT molecular complexity index is 555. The minimum absolute atomic E-state index is 0.191. The molecule has 2 N–H and O–H groups in total. The molecule has 0 bridgehead atoms. The van der Waals surface area contributed by atoms with Crippen molar-refractivity contribution in [2.24, 2.45) is 0 Å². The molecular formula is C15H16BrFN2. The first-order valence-corrected chi connectivity index (χ1v) is 6.94. The fraction of sp³-hybridized carbons (Fsp3) is 0.200. The first kappa shape index (κ1) is 13.9. The quantitative estimate of drug-likeness (QED) is 0.855. The van der Waals surface area contributed by atoms with Crippen LogP contribution >= 0.6 is 15.9 Å². The van der Waals surface area contributed by atoms with Crippen molar-refractivity contribution < 1.29 is 4.39 Å². The molecule has 19 heavy (non-hydrogen) atoms. The number of hydrogen-bond acceptors (Lipinski definition) is 2. The molecule has 0 spiro atoms. The van der Waals surface area contributed by atoms with E-state index in [0.29, 0.717) is 12.1 Å². The second-order valence-electron chi connectivity index (χ2n) is 4.34. The molecule has 0 heterocycles. The molecule has 0 unspecified atom stereocenters. The largest absolute Gasteiger partial charge is 0.399 e. The highest BCUT2D eigenvalue weighted by atomic mass is 79.9. The number of anilines is 2. The highest BCUT2D eigenvalue weighted by molar-refractivity contribution is 9.10. The fourth-order valence-electron chi connectivity index (χ4n) is 1.93. The van der Waals surface area contributed by atoms with Crippen molar-refractivity contribution in [2.75, 3.05) is 17.2 Å². The molecule has 0 saturated carbocycles. The van der Waals surface area contributed by atoms with E-state index in [-0.39, 0.29) is 5.82 Å². The zero-order valence-electron chi connectivity index (χ0n) is 10.7. The van der Waals surface area contributed by atoms with Crippen molar-refractivity contribution in [3.63, 3.8) is 0 Å². The third-order valence-corrected chi connectivity index (χ3v) is 3.51. The van der Waals surface area contributed by atoms with Crippen LogP contribution in [0.15, 0.2) is 46.9 Å². The fourth-order valence-corrected chi connectivity index (χ4v) is 2.26. The maximum atomic E-state index is 13.9. The van der Waals surface area contributed by atoms with Gasteiger partial charge in [-0.3, -0.25) is 0 Å². The molecule has 4 heteroatoms. The number of hydrogen-bond donors (Lipinski definition) is 1. The second kappa shape index (κ2) is 6.06. The van der Waals surface area contributed by atoms with E-state index in [9.17, 15) is 4.39 Å². The van der Waals surface area contributed by atoms with Crippen molar-refractivity contribution >= 4 is 27.3 Å². The zero-order chi connectivity index (χ0) is 13.8. The normalized spacial score (nSPS) is 10.5. The molecule has 0 saturated heterocycles. The van der Waals surface area contributed by atoms with Gasteiger partial charge in [0.25, 0.3) is 0 Å². The van der Waals surface area contributed by atoms with E-state index in [4.69, 9.17) is 5.73 Å². The molecule has 100 valence electrons. The summed E-state index contributed by atoms with van der Waals surface area (Å²) in [6.45, 7) is 3.39. The Morgan fingerprint density at radius 2 is 1.84 bits per heavy atom. The third-order valence-electron chi connectivity index (χ3n) is 3.02. The van der Waals surface area contributed by atoms with Crippen molar-refractivity contribution in [3.05, 3.63) is 58.3 Å². The molecule has 0 amide bonds. The molecule has 2 nitrogen and oxygen atoms in total. The smallest absolute Gasteiger partial charge is 0.129 e. The first-order valence-electron chi connectivity index (χ1n) is 6.14. The maximum absolute atomic E-state index is 13.9. The number of halogens is 2. The molecule has 0 aliphatic rings. The van der Waals surface area contributed by atoms with Gasteiger partial charge in [-0.2, -0.15) is 0 Å². The summed E-state index contributed by atoms with van der Waals surface area (Å²) in [5, 5.41) is 0. The highest BCUT2D eigenvalue weighted by Gasteiger charge is 2.09. The highest BCUT2D eigenvalue weighted by Crippen LogP contribution is 2.21. The Morgan fingerprint density at radius 1 is 1.16 bits per heavy atom. The Kier molecular flexibility index (Phi) is 4.43. The lowest BCUT2D eigenvalue weighted by Gasteiger charge is -2.23. The summed E-state index contributed by atoms with van der Waals surface area (Å²) in [6, 6.07) is 12.8. The first-order chi connectivity index (χ1) is 9.10. The summed E-state index contributed by atoms with van der Waals surface area (Å²) in [4.78, 5) is 2.10. The van der Waals surface area contributed by atoms with Gasteiger partial charge in [0.15, 0.2) is 0 Å². The number of nitrogens with two attached hydrogens (primary N) is 1. The Labute approximate surface area is 121 Å². The Balaban J connectivity index is 2.21. The van der Waals surface area contributed by atoms with Crippen molar-refractivity contribution in [1.82, 2.24) is 0 Å². The molecular weight excluding hydrogens is 307 g/mol. The van der Waals surface area contributed by atoms with E-state index >= 15 is 0 Å². The molecule has 0 fully saturated rings. The summed E-state index contributed by atoms with van der Waals surface area (Å²) < 4.78 is 14.6. The van der Waals surface area contributed by atoms with Crippen molar-refractivity contribution in [3.8, 4) is 0 Å². The lowest BCUT2D eigenvalue weighted by atomic mass is 10.2. The van der Waals surface area contributed by atoms with Crippen LogP contribution in [0.3, 0.4) is 0 Å². The maximum Gasteiger partial charge on any atom is 0.129 e. The van der Waals surface area contributed by atoms with E-state index in [1.807, 2.05) is 37.3 Å². The molecule has 2 rings (SSSR count). The van der Waals surface area contributed by atoms with Gasteiger partial charge < -0.3 is 10.6 Å². The lowest BCUT2D eigenvalue weighted by Crippen LogP contribution is -2.22. The van der Waals surface area contributed by atoms with Gasteiger partial charge in [0.2, 0.25) is 0 Å². The van der Waals surface area contributed by atoms with E-state index < -0.39 is 0 Å². The van der Waals surface area contributed by atoms with Gasteiger partial charge in [-0.1, -0.05) is 22.0 Å². The van der Waals surface area contributed by atoms with Crippen LogP contribution in [0.25, 0.3) is 0 Å². The van der Waals surface area contributed by atoms with Gasteiger partial charge in [-0.25, -0.2) is 4.39 Å². The summed E-state index contributed by atoms with van der Waals surface area (Å²) in [5.74, 6) is -0.191. The summed E-state index contributed by atoms with van der Waals surface area (Å²) in [7, 11) is 0. The Hall–Kier alpha value is -1.55. The molecule has 0 radical (unpaired) electrons. The van der Waals surface area contributed by atoms with E-state index in [2.05, 4.69) is 20.8 Å². The van der Waals surface area contributed by atoms with Gasteiger partial charge in [0, 0.05) is 34.5 Å². The molecule has 0 aliphatic heterocycles. The average Bonchev–Trinajstić information content (AvgIpc) is 2.39. The van der Waals surface area contributed by atoms with Gasteiger partial charge >= 0.3 is 0 Å². The van der Waals surface area contributed by atoms with Crippen LogP contribution in [-0.4, -0.2) is 6.54 Å². The number of benzene rings is 2.